The van der Waals surface area contributed by atoms with Crippen molar-refractivity contribution in [3.8, 4) is 6.07 Å². The number of benzene rings is 2. The first-order valence-electron chi connectivity index (χ1n) is 9.75. The number of rotatable bonds is 9. The molecule has 0 spiro atoms. The molecule has 2 aromatic carbocycles. The van der Waals surface area contributed by atoms with Gasteiger partial charge in [-0.3, -0.25) is 9.59 Å². The lowest BCUT2D eigenvalue weighted by Gasteiger charge is -2.27. The first-order chi connectivity index (χ1) is 14.3. The first kappa shape index (κ1) is 23.5. The Balaban J connectivity index is 2.07. The van der Waals surface area contributed by atoms with E-state index < -0.39 is 0 Å². The van der Waals surface area contributed by atoms with Crippen LogP contribution in [0.1, 0.15) is 25.0 Å². The molecule has 158 valence electrons. The third kappa shape index (κ3) is 7.54. The number of nitriles is 1. The van der Waals surface area contributed by atoms with Crippen LogP contribution in [0.15, 0.2) is 53.4 Å². The highest BCUT2D eigenvalue weighted by Crippen LogP contribution is 2.26. The van der Waals surface area contributed by atoms with E-state index in [9.17, 15) is 9.59 Å². The Morgan fingerprint density at radius 2 is 1.70 bits per heavy atom. The van der Waals surface area contributed by atoms with Crippen molar-refractivity contribution in [3.05, 3.63) is 59.7 Å². The molecule has 0 saturated carbocycles. The van der Waals surface area contributed by atoms with E-state index in [1.54, 1.807) is 12.1 Å². The van der Waals surface area contributed by atoms with E-state index in [0.29, 0.717) is 18.7 Å². The average molecular weight is 425 g/mol. The summed E-state index contributed by atoms with van der Waals surface area (Å²) >= 11 is 1.50. The zero-order valence-electron chi connectivity index (χ0n) is 17.9. The summed E-state index contributed by atoms with van der Waals surface area (Å²) in [7, 11) is 3.97. The molecule has 0 aliphatic rings. The molecule has 1 atom stereocenters. The zero-order valence-corrected chi connectivity index (χ0v) is 18.7. The number of nitrogens with zero attached hydrogens (tertiary/aromatic N) is 3. The molecule has 7 heteroatoms. The van der Waals surface area contributed by atoms with Crippen LogP contribution in [0.3, 0.4) is 0 Å². The Bertz CT molecular complexity index is 889. The van der Waals surface area contributed by atoms with Crippen LogP contribution >= 0.6 is 11.8 Å². The molecule has 0 heterocycles. The molecule has 2 amide bonds. The van der Waals surface area contributed by atoms with Crippen LogP contribution < -0.4 is 5.32 Å². The van der Waals surface area contributed by atoms with Crippen molar-refractivity contribution in [2.75, 3.05) is 32.5 Å². The second-order valence-corrected chi connectivity index (χ2v) is 8.75. The van der Waals surface area contributed by atoms with Gasteiger partial charge in [0, 0.05) is 37.1 Å². The van der Waals surface area contributed by atoms with E-state index in [-0.39, 0.29) is 17.1 Å². The van der Waals surface area contributed by atoms with Gasteiger partial charge in [0.15, 0.2) is 0 Å². The first-order valence-corrected chi connectivity index (χ1v) is 10.6. The lowest BCUT2D eigenvalue weighted by Crippen LogP contribution is -2.40. The summed E-state index contributed by atoms with van der Waals surface area (Å²) in [6, 6.07) is 16.9. The number of hydrogen-bond acceptors (Lipinski definition) is 5. The van der Waals surface area contributed by atoms with Gasteiger partial charge in [-0.2, -0.15) is 5.26 Å². The maximum Gasteiger partial charge on any atom is 0.236 e. The average Bonchev–Trinajstić information content (AvgIpc) is 2.72. The Morgan fingerprint density at radius 3 is 2.23 bits per heavy atom. The number of hydrogen-bond donors (Lipinski definition) is 1. The van der Waals surface area contributed by atoms with Crippen molar-refractivity contribution >= 4 is 29.3 Å². The van der Waals surface area contributed by atoms with Crippen LogP contribution in [-0.4, -0.2) is 54.0 Å². The number of likely N-dealkylation sites (N-methyl/N-ethyl adjacent to an activating group) is 1. The van der Waals surface area contributed by atoms with E-state index in [2.05, 4.69) is 16.3 Å². The van der Waals surface area contributed by atoms with Crippen molar-refractivity contribution in [2.45, 2.75) is 30.5 Å². The Hall–Kier alpha value is -2.82. The highest BCUT2D eigenvalue weighted by Gasteiger charge is 2.22. The Morgan fingerprint density at radius 1 is 1.07 bits per heavy atom. The van der Waals surface area contributed by atoms with E-state index in [4.69, 9.17) is 5.26 Å². The van der Waals surface area contributed by atoms with Crippen molar-refractivity contribution in [1.82, 2.24) is 9.80 Å². The fourth-order valence-corrected chi connectivity index (χ4v) is 3.78. The van der Waals surface area contributed by atoms with Crippen molar-refractivity contribution in [2.24, 2.45) is 0 Å². The van der Waals surface area contributed by atoms with Crippen molar-refractivity contribution in [1.29, 1.82) is 5.26 Å². The highest BCUT2D eigenvalue weighted by atomic mass is 32.2. The van der Waals surface area contributed by atoms with E-state index >= 15 is 0 Å². The lowest BCUT2D eigenvalue weighted by atomic mass is 10.1. The maximum absolute atomic E-state index is 13.2. The minimum absolute atomic E-state index is 0.0668. The standard InChI is InChI=1S/C23H28N4O2S/c1-17(30-22-11-9-21(10-12-22)25-18(2)28)23(29)27(14-13-26(3)4)16-20-7-5-19(15-24)6-8-20/h5-12,17H,13-14,16H2,1-4H3,(H,25,28). The van der Waals surface area contributed by atoms with Gasteiger partial charge < -0.3 is 15.1 Å². The number of carbonyl (C=O) groups excluding carboxylic acids is 2. The molecule has 1 N–H and O–H groups in total. The van der Waals surface area contributed by atoms with Crippen molar-refractivity contribution < 1.29 is 9.59 Å². The summed E-state index contributed by atoms with van der Waals surface area (Å²) in [6.07, 6.45) is 0. The number of nitrogens with one attached hydrogen (secondary N) is 1. The molecule has 0 aliphatic carbocycles. The number of thioether (sulfide) groups is 1. The largest absolute Gasteiger partial charge is 0.336 e. The van der Waals surface area contributed by atoms with E-state index in [1.807, 2.05) is 62.3 Å². The second-order valence-electron chi connectivity index (χ2n) is 7.34. The third-order valence-electron chi connectivity index (χ3n) is 4.42. The molecule has 0 fully saturated rings. The van der Waals surface area contributed by atoms with Gasteiger partial charge in [0.25, 0.3) is 0 Å². The predicted octanol–water partition coefficient (Wildman–Crippen LogP) is 3.59. The molecule has 2 aromatic rings. The molecular weight excluding hydrogens is 396 g/mol. The van der Waals surface area contributed by atoms with Gasteiger partial charge in [-0.05, 0) is 63.0 Å². The van der Waals surface area contributed by atoms with Crippen LogP contribution in [0.25, 0.3) is 0 Å². The summed E-state index contributed by atoms with van der Waals surface area (Å²) in [4.78, 5) is 29.2. The van der Waals surface area contributed by atoms with Gasteiger partial charge >= 0.3 is 0 Å². The fraction of sp³-hybridized carbons (Fsp3) is 0.348. The minimum Gasteiger partial charge on any atom is -0.336 e. The Kier molecular flexibility index (Phi) is 8.90. The quantitative estimate of drug-likeness (QED) is 0.623. The third-order valence-corrected chi connectivity index (χ3v) is 5.52. The molecule has 0 aromatic heterocycles. The monoisotopic (exact) mass is 424 g/mol. The van der Waals surface area contributed by atoms with Crippen LogP contribution in [0, 0.1) is 11.3 Å². The zero-order chi connectivity index (χ0) is 22.1. The summed E-state index contributed by atoms with van der Waals surface area (Å²) in [6.45, 7) is 5.28. The molecule has 0 bridgehead atoms. The molecule has 6 nitrogen and oxygen atoms in total. The molecule has 1 unspecified atom stereocenters. The molecule has 0 radical (unpaired) electrons. The predicted molar refractivity (Wildman–Crippen MR) is 121 cm³/mol. The van der Waals surface area contributed by atoms with Gasteiger partial charge in [0.1, 0.15) is 0 Å². The normalized spacial score (nSPS) is 11.6. The van der Waals surface area contributed by atoms with Crippen LogP contribution in [0.4, 0.5) is 5.69 Å². The summed E-state index contributed by atoms with van der Waals surface area (Å²) in [5.74, 6) is -0.0459. The second kappa shape index (κ2) is 11.4. The molecule has 0 aliphatic heterocycles. The van der Waals surface area contributed by atoms with Crippen LogP contribution in [-0.2, 0) is 16.1 Å². The molecule has 0 saturated heterocycles. The van der Waals surface area contributed by atoms with Gasteiger partial charge in [-0.25, -0.2) is 0 Å². The van der Waals surface area contributed by atoms with Gasteiger partial charge in [-0.15, -0.1) is 11.8 Å². The van der Waals surface area contributed by atoms with Gasteiger partial charge in [-0.1, -0.05) is 12.1 Å². The lowest BCUT2D eigenvalue weighted by molar-refractivity contribution is -0.131. The number of amides is 2. The Labute approximate surface area is 182 Å². The topological polar surface area (TPSA) is 76.4 Å². The molecular formula is C23H28N4O2S. The maximum atomic E-state index is 13.2. The molecule has 30 heavy (non-hydrogen) atoms. The van der Waals surface area contributed by atoms with E-state index in [0.717, 1.165) is 22.7 Å². The van der Waals surface area contributed by atoms with Crippen LogP contribution in [0.2, 0.25) is 0 Å². The SMILES string of the molecule is CC(=O)Nc1ccc(SC(C)C(=O)N(CCN(C)C)Cc2ccc(C#N)cc2)cc1. The molecule has 2 rings (SSSR count). The van der Waals surface area contributed by atoms with Crippen molar-refractivity contribution in [3.63, 3.8) is 0 Å². The fourth-order valence-electron chi connectivity index (χ4n) is 2.82. The van der Waals surface area contributed by atoms with Crippen LogP contribution in [0.5, 0.6) is 0 Å². The summed E-state index contributed by atoms with van der Waals surface area (Å²) in [5, 5.41) is 11.5. The summed E-state index contributed by atoms with van der Waals surface area (Å²) in [5.41, 5.74) is 2.34. The van der Waals surface area contributed by atoms with E-state index in [1.165, 1.54) is 18.7 Å². The number of carbonyl (C=O) groups is 2. The summed E-state index contributed by atoms with van der Waals surface area (Å²) < 4.78 is 0. The highest BCUT2D eigenvalue weighted by molar-refractivity contribution is 8.00. The minimum atomic E-state index is -0.253. The van der Waals surface area contributed by atoms with Gasteiger partial charge in [0.05, 0.1) is 16.9 Å². The number of anilines is 1. The smallest absolute Gasteiger partial charge is 0.236 e. The van der Waals surface area contributed by atoms with Gasteiger partial charge in [0.2, 0.25) is 11.8 Å².